The number of nitrogens with two attached hydrogens (primary N) is 1. The normalized spacial score (nSPS) is 17.5. The van der Waals surface area contributed by atoms with E-state index >= 15 is 0 Å². The van der Waals surface area contributed by atoms with Crippen molar-refractivity contribution >= 4 is 11.7 Å². The fraction of sp³-hybridized carbons (Fsp3) is 0.368. The number of nitrogen functional groups attached to an aromatic ring is 1. The number of hydrogen-bond acceptors (Lipinski definition) is 4. The lowest BCUT2D eigenvalue weighted by atomic mass is 10.1. The largest absolute Gasteiger partial charge is 0.384 e. The average Bonchev–Trinajstić information content (AvgIpc) is 2.62. The predicted octanol–water partition coefficient (Wildman–Crippen LogP) is 2.21. The lowest BCUT2D eigenvalue weighted by Gasteiger charge is -2.33. The van der Waals surface area contributed by atoms with E-state index < -0.39 is 0 Å². The van der Waals surface area contributed by atoms with Gasteiger partial charge < -0.3 is 15.4 Å². The number of halogens is 1. The molecule has 1 atom stereocenters. The molecule has 3 rings (SSSR count). The van der Waals surface area contributed by atoms with Crippen LogP contribution in [0, 0.1) is 5.82 Å². The number of rotatable bonds is 5. The van der Waals surface area contributed by atoms with Crippen molar-refractivity contribution in [3.8, 4) is 0 Å². The topological polar surface area (TPSA) is 68.5 Å². The van der Waals surface area contributed by atoms with Gasteiger partial charge in [0.25, 0.3) is 0 Å². The minimum atomic E-state index is -0.292. The van der Waals surface area contributed by atoms with E-state index in [0.717, 1.165) is 24.0 Å². The second-order valence-electron chi connectivity index (χ2n) is 6.26. The molecule has 1 aliphatic heterocycles. The maximum Gasteiger partial charge on any atom is 0.227 e. The van der Waals surface area contributed by atoms with Crippen LogP contribution in [0.2, 0.25) is 0 Å². The molecular formula is C19H22FN3O2. The number of morpholine rings is 1. The lowest BCUT2D eigenvalue weighted by molar-refractivity contribution is -0.138. The van der Waals surface area contributed by atoms with E-state index in [9.17, 15) is 9.18 Å². The monoisotopic (exact) mass is 343 g/mol. The molecule has 1 amide bonds. The molecule has 1 aromatic heterocycles. The molecule has 2 heterocycles. The van der Waals surface area contributed by atoms with Gasteiger partial charge in [0, 0.05) is 19.3 Å². The van der Waals surface area contributed by atoms with Gasteiger partial charge in [-0.3, -0.25) is 4.79 Å². The third-order valence-electron chi connectivity index (χ3n) is 4.36. The first-order valence-electron chi connectivity index (χ1n) is 8.44. The number of aromatic nitrogens is 1. The standard InChI is InChI=1S/C19H22FN3O2/c20-16-4-1-14(2-5-16)12-19(24)23-9-10-25-17(13-23)6-3-15-7-8-22-18(21)11-15/h1-2,4-5,7-8,11,17H,3,6,9-10,12-13H2,(H2,21,22)/t17-/m1/s1. The van der Waals surface area contributed by atoms with Crippen molar-refractivity contribution in [1.29, 1.82) is 0 Å². The number of pyridine rings is 1. The van der Waals surface area contributed by atoms with Gasteiger partial charge in [0.15, 0.2) is 0 Å². The first-order valence-corrected chi connectivity index (χ1v) is 8.44. The number of hydrogen-bond donors (Lipinski definition) is 1. The molecule has 25 heavy (non-hydrogen) atoms. The molecule has 1 aromatic carbocycles. The summed E-state index contributed by atoms with van der Waals surface area (Å²) in [7, 11) is 0. The first-order chi connectivity index (χ1) is 12.1. The molecule has 0 aliphatic carbocycles. The van der Waals surface area contributed by atoms with Crippen LogP contribution in [0.4, 0.5) is 10.2 Å². The van der Waals surface area contributed by atoms with Crippen LogP contribution < -0.4 is 5.73 Å². The van der Waals surface area contributed by atoms with Crippen LogP contribution >= 0.6 is 0 Å². The molecule has 0 saturated carbocycles. The summed E-state index contributed by atoms with van der Waals surface area (Å²) in [4.78, 5) is 18.3. The van der Waals surface area contributed by atoms with E-state index in [2.05, 4.69) is 4.98 Å². The Hall–Kier alpha value is -2.47. The zero-order valence-electron chi connectivity index (χ0n) is 14.0. The van der Waals surface area contributed by atoms with Crippen molar-refractivity contribution < 1.29 is 13.9 Å². The highest BCUT2D eigenvalue weighted by molar-refractivity contribution is 5.78. The van der Waals surface area contributed by atoms with Crippen LogP contribution in [0.1, 0.15) is 17.5 Å². The van der Waals surface area contributed by atoms with E-state index in [0.29, 0.717) is 25.5 Å². The number of ether oxygens (including phenoxy) is 1. The third-order valence-corrected chi connectivity index (χ3v) is 4.36. The van der Waals surface area contributed by atoms with Crippen molar-refractivity contribution in [2.45, 2.75) is 25.4 Å². The highest BCUT2D eigenvalue weighted by Gasteiger charge is 2.24. The summed E-state index contributed by atoms with van der Waals surface area (Å²) in [5.74, 6) is 0.269. The number of benzene rings is 1. The second-order valence-corrected chi connectivity index (χ2v) is 6.26. The van der Waals surface area contributed by atoms with E-state index in [1.54, 1.807) is 18.3 Å². The van der Waals surface area contributed by atoms with Crippen LogP contribution in [0.25, 0.3) is 0 Å². The quantitative estimate of drug-likeness (QED) is 0.904. The van der Waals surface area contributed by atoms with Gasteiger partial charge in [-0.1, -0.05) is 12.1 Å². The van der Waals surface area contributed by atoms with Crippen LogP contribution in [0.15, 0.2) is 42.6 Å². The first kappa shape index (κ1) is 17.4. The summed E-state index contributed by atoms with van der Waals surface area (Å²) in [6.07, 6.45) is 3.65. The van der Waals surface area contributed by atoms with Crippen LogP contribution in [0.3, 0.4) is 0 Å². The smallest absolute Gasteiger partial charge is 0.227 e. The van der Waals surface area contributed by atoms with Crippen molar-refractivity contribution in [3.63, 3.8) is 0 Å². The number of nitrogens with zero attached hydrogens (tertiary/aromatic N) is 2. The fourth-order valence-electron chi connectivity index (χ4n) is 2.99. The van der Waals surface area contributed by atoms with E-state index in [1.165, 1.54) is 12.1 Å². The number of anilines is 1. The van der Waals surface area contributed by atoms with Gasteiger partial charge in [-0.05, 0) is 48.2 Å². The highest BCUT2D eigenvalue weighted by Crippen LogP contribution is 2.15. The van der Waals surface area contributed by atoms with Crippen LogP contribution in [0.5, 0.6) is 0 Å². The van der Waals surface area contributed by atoms with Crippen molar-refractivity contribution in [1.82, 2.24) is 9.88 Å². The van der Waals surface area contributed by atoms with Crippen molar-refractivity contribution in [2.75, 3.05) is 25.4 Å². The number of aryl methyl sites for hydroxylation is 1. The Morgan fingerprint density at radius 3 is 2.84 bits per heavy atom. The average molecular weight is 343 g/mol. The van der Waals surface area contributed by atoms with E-state index in [-0.39, 0.29) is 24.2 Å². The molecule has 6 heteroatoms. The van der Waals surface area contributed by atoms with Gasteiger partial charge in [0.1, 0.15) is 11.6 Å². The zero-order valence-corrected chi connectivity index (χ0v) is 14.0. The Bertz CT molecular complexity index is 721. The summed E-state index contributed by atoms with van der Waals surface area (Å²) >= 11 is 0. The highest BCUT2D eigenvalue weighted by atomic mass is 19.1. The van der Waals surface area contributed by atoms with Gasteiger partial charge in [0.05, 0.1) is 19.1 Å². The predicted molar refractivity (Wildman–Crippen MR) is 93.4 cm³/mol. The molecule has 0 radical (unpaired) electrons. The molecule has 1 fully saturated rings. The Balaban J connectivity index is 1.51. The summed E-state index contributed by atoms with van der Waals surface area (Å²) in [6.45, 7) is 1.72. The Morgan fingerprint density at radius 1 is 1.28 bits per heavy atom. The summed E-state index contributed by atoms with van der Waals surface area (Å²) in [5.41, 5.74) is 7.63. The lowest BCUT2D eigenvalue weighted by Crippen LogP contribution is -2.46. The van der Waals surface area contributed by atoms with Crippen LogP contribution in [-0.4, -0.2) is 41.6 Å². The van der Waals surface area contributed by atoms with Crippen molar-refractivity contribution in [3.05, 3.63) is 59.5 Å². The molecule has 5 nitrogen and oxygen atoms in total. The molecule has 1 aliphatic rings. The minimum absolute atomic E-state index is 0.0142. The molecule has 0 unspecified atom stereocenters. The van der Waals surface area contributed by atoms with Crippen LogP contribution in [-0.2, 0) is 22.4 Å². The van der Waals surface area contributed by atoms with Crippen molar-refractivity contribution in [2.24, 2.45) is 0 Å². The molecule has 0 spiro atoms. The SMILES string of the molecule is Nc1cc(CC[C@@H]2CN(C(=O)Cc3ccc(F)cc3)CCO2)ccn1. The molecule has 0 bridgehead atoms. The van der Waals surface area contributed by atoms with Gasteiger partial charge in [-0.2, -0.15) is 0 Å². The molecule has 2 aromatic rings. The zero-order chi connectivity index (χ0) is 17.6. The Labute approximate surface area is 146 Å². The van der Waals surface area contributed by atoms with E-state index in [4.69, 9.17) is 10.5 Å². The molecule has 2 N–H and O–H groups in total. The molecular weight excluding hydrogens is 321 g/mol. The maximum absolute atomic E-state index is 13.0. The van der Waals surface area contributed by atoms with Gasteiger partial charge in [-0.15, -0.1) is 0 Å². The Kier molecular flexibility index (Phi) is 5.60. The van der Waals surface area contributed by atoms with E-state index in [1.807, 2.05) is 17.0 Å². The van der Waals surface area contributed by atoms with Gasteiger partial charge >= 0.3 is 0 Å². The third kappa shape index (κ3) is 5.00. The summed E-state index contributed by atoms with van der Waals surface area (Å²) in [5, 5.41) is 0. The maximum atomic E-state index is 13.0. The molecule has 1 saturated heterocycles. The second kappa shape index (κ2) is 8.07. The van der Waals surface area contributed by atoms with Gasteiger partial charge in [0.2, 0.25) is 5.91 Å². The summed E-state index contributed by atoms with van der Waals surface area (Å²) < 4.78 is 18.7. The minimum Gasteiger partial charge on any atom is -0.384 e. The fourth-order valence-corrected chi connectivity index (χ4v) is 2.99. The Morgan fingerprint density at radius 2 is 2.08 bits per heavy atom. The number of carbonyl (C=O) groups excluding carboxylic acids is 1. The summed E-state index contributed by atoms with van der Waals surface area (Å²) in [6, 6.07) is 9.87. The number of amides is 1. The number of carbonyl (C=O) groups is 1. The van der Waals surface area contributed by atoms with Gasteiger partial charge in [-0.25, -0.2) is 9.37 Å². The molecule has 132 valence electrons.